The number of nitrogens with one attached hydrogen (secondary N) is 1. The molecule has 0 saturated carbocycles. The van der Waals surface area contributed by atoms with Gasteiger partial charge in [-0.3, -0.25) is 4.79 Å². The van der Waals surface area contributed by atoms with Crippen molar-refractivity contribution >= 4 is 38.2 Å². The number of aromatic nitrogens is 1. The van der Waals surface area contributed by atoms with Crippen LogP contribution in [0.2, 0.25) is 0 Å². The first kappa shape index (κ1) is 20.3. The highest BCUT2D eigenvalue weighted by atomic mass is 32.2. The SMILES string of the molecule is CN(CC(=O)Nc1cccc2ccccc12)c1ccc(S(=O)(=O)N2CCCC2)cn1. The van der Waals surface area contributed by atoms with E-state index in [-0.39, 0.29) is 17.3 Å². The number of rotatable bonds is 6. The highest BCUT2D eigenvalue weighted by Gasteiger charge is 2.27. The molecule has 0 atom stereocenters. The number of carbonyl (C=O) groups excluding carboxylic acids is 1. The topological polar surface area (TPSA) is 82.6 Å². The summed E-state index contributed by atoms with van der Waals surface area (Å²) in [5.74, 6) is 0.354. The van der Waals surface area contributed by atoms with E-state index >= 15 is 0 Å². The molecule has 1 saturated heterocycles. The van der Waals surface area contributed by atoms with Crippen molar-refractivity contribution in [3.8, 4) is 0 Å². The molecule has 2 heterocycles. The second-order valence-corrected chi connectivity index (χ2v) is 9.33. The standard InChI is InChI=1S/C22H24N4O3S/c1-25(16-22(27)24-20-10-6-8-17-7-2-3-9-19(17)20)21-12-11-18(15-23-21)30(28,29)26-13-4-5-14-26/h2-3,6-12,15H,4-5,13-14,16H2,1H3,(H,24,27). The molecule has 4 rings (SSSR count). The number of benzene rings is 2. The molecule has 3 aromatic rings. The van der Waals surface area contributed by atoms with Crippen LogP contribution < -0.4 is 10.2 Å². The number of hydrogen-bond donors (Lipinski definition) is 1. The predicted octanol–water partition coefficient (Wildman–Crippen LogP) is 3.09. The van der Waals surface area contributed by atoms with Gasteiger partial charge in [0.05, 0.1) is 6.54 Å². The van der Waals surface area contributed by atoms with Crippen molar-refractivity contribution in [2.45, 2.75) is 17.7 Å². The highest BCUT2D eigenvalue weighted by Crippen LogP contribution is 2.24. The Labute approximate surface area is 176 Å². The van der Waals surface area contributed by atoms with Crippen LogP contribution in [0.15, 0.2) is 65.7 Å². The van der Waals surface area contributed by atoms with Crippen molar-refractivity contribution in [1.29, 1.82) is 0 Å². The molecular weight excluding hydrogens is 400 g/mol. The minimum atomic E-state index is -3.49. The van der Waals surface area contributed by atoms with E-state index in [0.717, 1.165) is 29.3 Å². The summed E-state index contributed by atoms with van der Waals surface area (Å²) >= 11 is 0. The van der Waals surface area contributed by atoms with E-state index < -0.39 is 10.0 Å². The quantitative estimate of drug-likeness (QED) is 0.658. The lowest BCUT2D eigenvalue weighted by Crippen LogP contribution is -2.31. The van der Waals surface area contributed by atoms with Gasteiger partial charge in [-0.15, -0.1) is 0 Å². The molecule has 30 heavy (non-hydrogen) atoms. The number of nitrogens with zero attached hydrogens (tertiary/aromatic N) is 3. The molecule has 1 amide bonds. The summed E-state index contributed by atoms with van der Waals surface area (Å²) < 4.78 is 26.7. The van der Waals surface area contributed by atoms with Gasteiger partial charge in [0.2, 0.25) is 15.9 Å². The lowest BCUT2D eigenvalue weighted by molar-refractivity contribution is -0.114. The number of likely N-dealkylation sites (N-methyl/N-ethyl adjacent to an activating group) is 1. The summed E-state index contributed by atoms with van der Waals surface area (Å²) in [4.78, 5) is 18.7. The van der Waals surface area contributed by atoms with Crippen molar-refractivity contribution in [2.75, 3.05) is 36.9 Å². The third-order valence-electron chi connectivity index (χ3n) is 5.26. The van der Waals surface area contributed by atoms with Gasteiger partial charge in [-0.25, -0.2) is 13.4 Å². The van der Waals surface area contributed by atoms with Gasteiger partial charge in [-0.05, 0) is 36.4 Å². The van der Waals surface area contributed by atoms with E-state index in [0.29, 0.717) is 18.9 Å². The van der Waals surface area contributed by atoms with Gasteiger partial charge >= 0.3 is 0 Å². The monoisotopic (exact) mass is 424 g/mol. The fourth-order valence-corrected chi connectivity index (χ4v) is 5.11. The second-order valence-electron chi connectivity index (χ2n) is 7.39. The molecule has 7 nitrogen and oxygen atoms in total. The van der Waals surface area contributed by atoms with Crippen LogP contribution in [0.1, 0.15) is 12.8 Å². The molecule has 0 aliphatic carbocycles. The normalized spacial score (nSPS) is 14.7. The Kier molecular flexibility index (Phi) is 5.69. The summed E-state index contributed by atoms with van der Waals surface area (Å²) in [6.45, 7) is 1.20. The van der Waals surface area contributed by atoms with Crippen molar-refractivity contribution in [1.82, 2.24) is 9.29 Å². The molecule has 1 aromatic heterocycles. The van der Waals surface area contributed by atoms with E-state index in [1.165, 1.54) is 10.5 Å². The zero-order valence-electron chi connectivity index (χ0n) is 16.8. The molecule has 1 fully saturated rings. The average molecular weight is 425 g/mol. The first-order chi connectivity index (χ1) is 14.4. The first-order valence-corrected chi connectivity index (χ1v) is 11.3. The summed E-state index contributed by atoms with van der Waals surface area (Å²) in [5.41, 5.74) is 0.756. The van der Waals surface area contributed by atoms with Gasteiger partial charge in [0.15, 0.2) is 0 Å². The van der Waals surface area contributed by atoms with E-state index in [1.54, 1.807) is 24.1 Å². The second kappa shape index (κ2) is 8.41. The lowest BCUT2D eigenvalue weighted by Gasteiger charge is -2.19. The van der Waals surface area contributed by atoms with Crippen LogP contribution in [-0.4, -0.2) is 50.3 Å². The van der Waals surface area contributed by atoms with Gasteiger partial charge < -0.3 is 10.2 Å². The Balaban J connectivity index is 1.43. The fourth-order valence-electron chi connectivity index (χ4n) is 3.65. The van der Waals surface area contributed by atoms with Crippen LogP contribution in [0.3, 0.4) is 0 Å². The van der Waals surface area contributed by atoms with Crippen LogP contribution >= 0.6 is 0 Å². The molecule has 1 aliphatic rings. The number of pyridine rings is 1. The van der Waals surface area contributed by atoms with Crippen molar-refractivity contribution in [3.63, 3.8) is 0 Å². The van der Waals surface area contributed by atoms with Gasteiger partial charge in [-0.2, -0.15) is 4.31 Å². The maximum absolute atomic E-state index is 12.6. The van der Waals surface area contributed by atoms with E-state index in [4.69, 9.17) is 0 Å². The fraction of sp³-hybridized carbons (Fsp3) is 0.273. The Morgan fingerprint density at radius 3 is 2.53 bits per heavy atom. The Bertz CT molecular complexity index is 1150. The lowest BCUT2D eigenvalue weighted by atomic mass is 10.1. The Hall–Kier alpha value is -2.97. The molecule has 1 N–H and O–H groups in total. The van der Waals surface area contributed by atoms with Gasteiger partial charge in [-0.1, -0.05) is 36.4 Å². The molecule has 1 aliphatic heterocycles. The van der Waals surface area contributed by atoms with E-state index in [9.17, 15) is 13.2 Å². The van der Waals surface area contributed by atoms with Gasteiger partial charge in [0, 0.05) is 37.4 Å². The number of amides is 1. The third kappa shape index (κ3) is 4.15. The van der Waals surface area contributed by atoms with E-state index in [1.807, 2.05) is 42.5 Å². The van der Waals surface area contributed by atoms with Crippen molar-refractivity contribution in [3.05, 3.63) is 60.8 Å². The maximum Gasteiger partial charge on any atom is 0.244 e. The number of fused-ring (bicyclic) bond motifs is 1. The Morgan fingerprint density at radius 2 is 1.80 bits per heavy atom. The number of sulfonamides is 1. The number of carbonyl (C=O) groups is 1. The third-order valence-corrected chi connectivity index (χ3v) is 7.14. The largest absolute Gasteiger partial charge is 0.350 e. The van der Waals surface area contributed by atoms with Crippen LogP contribution in [0.5, 0.6) is 0 Å². The smallest absolute Gasteiger partial charge is 0.244 e. The molecule has 0 unspecified atom stereocenters. The summed E-state index contributed by atoms with van der Waals surface area (Å²) in [6.07, 6.45) is 3.14. The van der Waals surface area contributed by atoms with Crippen LogP contribution in [0.4, 0.5) is 11.5 Å². The minimum Gasteiger partial charge on any atom is -0.350 e. The summed E-state index contributed by atoms with van der Waals surface area (Å²) in [6, 6.07) is 16.8. The van der Waals surface area contributed by atoms with Crippen molar-refractivity contribution < 1.29 is 13.2 Å². The zero-order chi connectivity index (χ0) is 21.1. The molecule has 8 heteroatoms. The van der Waals surface area contributed by atoms with Crippen LogP contribution in [-0.2, 0) is 14.8 Å². The average Bonchev–Trinajstić information content (AvgIpc) is 3.30. The van der Waals surface area contributed by atoms with Crippen LogP contribution in [0, 0.1) is 0 Å². The molecule has 156 valence electrons. The molecule has 0 radical (unpaired) electrons. The Morgan fingerprint density at radius 1 is 1.07 bits per heavy atom. The molecule has 0 bridgehead atoms. The highest BCUT2D eigenvalue weighted by molar-refractivity contribution is 7.89. The predicted molar refractivity (Wildman–Crippen MR) is 118 cm³/mol. The van der Waals surface area contributed by atoms with E-state index in [2.05, 4.69) is 10.3 Å². The first-order valence-electron chi connectivity index (χ1n) is 9.90. The maximum atomic E-state index is 12.6. The summed E-state index contributed by atoms with van der Waals surface area (Å²) in [7, 11) is -1.74. The summed E-state index contributed by atoms with van der Waals surface area (Å²) in [5, 5.41) is 4.98. The zero-order valence-corrected chi connectivity index (χ0v) is 17.6. The molecular formula is C22H24N4O3S. The number of hydrogen-bond acceptors (Lipinski definition) is 5. The molecule has 0 spiro atoms. The van der Waals surface area contributed by atoms with Gasteiger partial charge in [0.25, 0.3) is 0 Å². The minimum absolute atomic E-state index is 0.0917. The van der Waals surface area contributed by atoms with Crippen molar-refractivity contribution in [2.24, 2.45) is 0 Å². The molecule has 2 aromatic carbocycles. The van der Waals surface area contributed by atoms with Crippen LogP contribution in [0.25, 0.3) is 10.8 Å². The van der Waals surface area contributed by atoms with Gasteiger partial charge in [0.1, 0.15) is 10.7 Å². The number of anilines is 2.